The van der Waals surface area contributed by atoms with E-state index in [-0.39, 0.29) is 11.4 Å². The van der Waals surface area contributed by atoms with Gasteiger partial charge in [-0.1, -0.05) is 12.1 Å². The normalized spacial score (nSPS) is 11.6. The minimum atomic E-state index is -3.50. The summed E-state index contributed by atoms with van der Waals surface area (Å²) in [4.78, 5) is 6.90. The van der Waals surface area contributed by atoms with Gasteiger partial charge in [0.05, 0.1) is 17.8 Å². The summed E-state index contributed by atoms with van der Waals surface area (Å²) in [6, 6.07) is 6.72. The third kappa shape index (κ3) is 3.63. The second-order valence-electron chi connectivity index (χ2n) is 4.08. The number of hydrogen-bond donors (Lipinski definition) is 3. The molecule has 2 rings (SSSR count). The predicted molar refractivity (Wildman–Crippen MR) is 71.8 cm³/mol. The van der Waals surface area contributed by atoms with E-state index in [9.17, 15) is 8.42 Å². The van der Waals surface area contributed by atoms with Crippen LogP contribution in [0.4, 0.5) is 0 Å². The molecule has 0 aliphatic rings. The van der Waals surface area contributed by atoms with Crippen molar-refractivity contribution in [1.82, 2.24) is 14.7 Å². The Morgan fingerprint density at radius 3 is 2.58 bits per heavy atom. The minimum absolute atomic E-state index is 0.187. The van der Waals surface area contributed by atoms with Gasteiger partial charge < -0.3 is 10.7 Å². The fraction of sp³-hybridized carbons (Fsp3) is 0.250. The summed E-state index contributed by atoms with van der Waals surface area (Å²) in [6.45, 7) is 0.733. The standard InChI is InChI=1S/C12H16N4O2S/c13-6-5-10-1-3-12(4-2-10)19(17,18)16-8-11-7-14-9-15-11/h1-4,7,9,16H,5-6,8,13H2,(H,14,15). The molecule has 0 unspecified atom stereocenters. The number of sulfonamides is 1. The van der Waals surface area contributed by atoms with E-state index < -0.39 is 10.0 Å². The molecule has 0 aliphatic carbocycles. The molecule has 1 aromatic heterocycles. The number of benzene rings is 1. The van der Waals surface area contributed by atoms with Gasteiger partial charge in [-0.2, -0.15) is 0 Å². The van der Waals surface area contributed by atoms with Crippen LogP contribution in [0, 0.1) is 0 Å². The van der Waals surface area contributed by atoms with Gasteiger partial charge in [-0.05, 0) is 30.7 Å². The third-order valence-electron chi connectivity index (χ3n) is 2.67. The number of nitrogens with zero attached hydrogens (tertiary/aromatic N) is 1. The van der Waals surface area contributed by atoms with Gasteiger partial charge in [0.2, 0.25) is 10.0 Å². The molecule has 0 bridgehead atoms. The summed E-state index contributed by atoms with van der Waals surface area (Å²) in [5.41, 5.74) is 7.18. The zero-order valence-electron chi connectivity index (χ0n) is 10.3. The minimum Gasteiger partial charge on any atom is -0.347 e. The summed E-state index contributed by atoms with van der Waals surface area (Å²) in [5.74, 6) is 0. The SMILES string of the molecule is NCCc1ccc(S(=O)(=O)NCc2cnc[nH]2)cc1. The number of rotatable bonds is 6. The van der Waals surface area contributed by atoms with Crippen LogP contribution in [0.3, 0.4) is 0 Å². The van der Waals surface area contributed by atoms with Crippen LogP contribution in [0.25, 0.3) is 0 Å². The maximum atomic E-state index is 12.0. The van der Waals surface area contributed by atoms with E-state index in [0.717, 1.165) is 12.0 Å². The van der Waals surface area contributed by atoms with Gasteiger partial charge in [-0.25, -0.2) is 18.1 Å². The lowest BCUT2D eigenvalue weighted by Crippen LogP contribution is -2.23. The molecule has 7 heteroatoms. The summed E-state index contributed by atoms with van der Waals surface area (Å²) in [5, 5.41) is 0. The first kappa shape index (κ1) is 13.7. The highest BCUT2D eigenvalue weighted by Gasteiger charge is 2.13. The Bertz CT molecular complexity index is 606. The number of nitrogens with one attached hydrogen (secondary N) is 2. The molecule has 0 spiro atoms. The molecule has 4 N–H and O–H groups in total. The quantitative estimate of drug-likeness (QED) is 0.712. The molecular weight excluding hydrogens is 264 g/mol. The van der Waals surface area contributed by atoms with Gasteiger partial charge >= 0.3 is 0 Å². The van der Waals surface area contributed by atoms with Crippen molar-refractivity contribution in [2.45, 2.75) is 17.9 Å². The van der Waals surface area contributed by atoms with Crippen LogP contribution in [-0.2, 0) is 23.0 Å². The summed E-state index contributed by atoms with van der Waals surface area (Å²) in [6.07, 6.45) is 3.82. The first-order valence-corrected chi connectivity index (χ1v) is 7.36. The molecule has 102 valence electrons. The number of aromatic amines is 1. The molecule has 0 radical (unpaired) electrons. The van der Waals surface area contributed by atoms with Gasteiger partial charge in [0.15, 0.2) is 0 Å². The lowest BCUT2D eigenvalue weighted by Gasteiger charge is -2.06. The first-order chi connectivity index (χ1) is 9.12. The fourth-order valence-electron chi connectivity index (χ4n) is 1.64. The van der Waals surface area contributed by atoms with Crippen molar-refractivity contribution < 1.29 is 8.42 Å². The third-order valence-corrected chi connectivity index (χ3v) is 4.09. The lowest BCUT2D eigenvalue weighted by atomic mass is 10.2. The first-order valence-electron chi connectivity index (χ1n) is 5.88. The largest absolute Gasteiger partial charge is 0.347 e. The molecule has 0 amide bonds. The maximum Gasteiger partial charge on any atom is 0.240 e. The summed E-state index contributed by atoms with van der Waals surface area (Å²) in [7, 11) is -3.50. The predicted octanol–water partition coefficient (Wildman–Crippen LogP) is 0.389. The fourth-order valence-corrected chi connectivity index (χ4v) is 2.65. The highest BCUT2D eigenvalue weighted by Crippen LogP contribution is 2.11. The Balaban J connectivity index is 2.06. The molecule has 2 aromatic rings. The monoisotopic (exact) mass is 280 g/mol. The van der Waals surface area contributed by atoms with Gasteiger partial charge in [-0.15, -0.1) is 0 Å². The van der Waals surface area contributed by atoms with Crippen molar-refractivity contribution in [3.05, 3.63) is 48.0 Å². The van der Waals surface area contributed by atoms with Gasteiger partial charge in [-0.3, -0.25) is 0 Å². The Morgan fingerprint density at radius 1 is 1.26 bits per heavy atom. The Kier molecular flexibility index (Phi) is 4.31. The van der Waals surface area contributed by atoms with Crippen molar-refractivity contribution in [3.63, 3.8) is 0 Å². The van der Waals surface area contributed by atoms with E-state index in [1.54, 1.807) is 30.5 Å². The average molecular weight is 280 g/mol. The number of H-pyrrole nitrogens is 1. The Hall–Kier alpha value is -1.70. The van der Waals surface area contributed by atoms with Crippen LogP contribution in [0.1, 0.15) is 11.3 Å². The van der Waals surface area contributed by atoms with Gasteiger partial charge in [0.25, 0.3) is 0 Å². The molecule has 0 saturated heterocycles. The second-order valence-corrected chi connectivity index (χ2v) is 5.85. The summed E-state index contributed by atoms with van der Waals surface area (Å²) < 4.78 is 26.6. The molecule has 1 heterocycles. The summed E-state index contributed by atoms with van der Waals surface area (Å²) >= 11 is 0. The zero-order valence-corrected chi connectivity index (χ0v) is 11.2. The zero-order chi connectivity index (χ0) is 13.7. The van der Waals surface area contributed by atoms with E-state index in [1.807, 2.05) is 0 Å². The molecule has 1 aromatic carbocycles. The van der Waals surface area contributed by atoms with E-state index in [1.165, 1.54) is 6.33 Å². The number of nitrogens with two attached hydrogens (primary N) is 1. The molecule has 0 atom stereocenters. The maximum absolute atomic E-state index is 12.0. The van der Waals surface area contributed by atoms with E-state index >= 15 is 0 Å². The van der Waals surface area contributed by atoms with Crippen molar-refractivity contribution in [1.29, 1.82) is 0 Å². The molecule has 19 heavy (non-hydrogen) atoms. The Labute approximate surface area is 112 Å². The molecule has 0 aliphatic heterocycles. The number of imidazole rings is 1. The molecule has 0 saturated carbocycles. The van der Waals surface area contributed by atoms with Crippen LogP contribution in [0.15, 0.2) is 41.7 Å². The molecular formula is C12H16N4O2S. The highest BCUT2D eigenvalue weighted by molar-refractivity contribution is 7.89. The number of hydrogen-bond acceptors (Lipinski definition) is 4. The van der Waals surface area contributed by atoms with Crippen molar-refractivity contribution >= 4 is 10.0 Å². The van der Waals surface area contributed by atoms with E-state index in [2.05, 4.69) is 14.7 Å². The lowest BCUT2D eigenvalue weighted by molar-refractivity contribution is 0.580. The van der Waals surface area contributed by atoms with Crippen molar-refractivity contribution in [3.8, 4) is 0 Å². The van der Waals surface area contributed by atoms with Crippen molar-refractivity contribution in [2.75, 3.05) is 6.54 Å². The topological polar surface area (TPSA) is 101 Å². The average Bonchev–Trinajstić information content (AvgIpc) is 2.91. The second kappa shape index (κ2) is 5.96. The van der Waals surface area contributed by atoms with Crippen LogP contribution in [0.2, 0.25) is 0 Å². The molecule has 6 nitrogen and oxygen atoms in total. The van der Waals surface area contributed by atoms with E-state index in [4.69, 9.17) is 5.73 Å². The van der Waals surface area contributed by atoms with Gasteiger partial charge in [0, 0.05) is 11.9 Å². The highest BCUT2D eigenvalue weighted by atomic mass is 32.2. The van der Waals surface area contributed by atoms with Crippen molar-refractivity contribution in [2.24, 2.45) is 5.73 Å². The van der Waals surface area contributed by atoms with Gasteiger partial charge in [0.1, 0.15) is 0 Å². The van der Waals surface area contributed by atoms with Crippen LogP contribution >= 0.6 is 0 Å². The Morgan fingerprint density at radius 2 is 2.00 bits per heavy atom. The smallest absolute Gasteiger partial charge is 0.240 e. The van der Waals surface area contributed by atoms with Crippen LogP contribution < -0.4 is 10.5 Å². The van der Waals surface area contributed by atoms with E-state index in [0.29, 0.717) is 12.2 Å². The van der Waals surface area contributed by atoms with Crippen LogP contribution in [-0.4, -0.2) is 24.9 Å². The van der Waals surface area contributed by atoms with Crippen LogP contribution in [0.5, 0.6) is 0 Å². The molecule has 0 fully saturated rings. The number of aromatic nitrogens is 2.